The first-order valence-corrected chi connectivity index (χ1v) is 10.9. The number of halogens is 1. The highest BCUT2D eigenvalue weighted by atomic mass is 79.9. The summed E-state index contributed by atoms with van der Waals surface area (Å²) in [6.45, 7) is 0.0286. The Hall–Kier alpha value is -2.52. The Morgan fingerprint density at radius 1 is 1.21 bits per heavy atom. The van der Waals surface area contributed by atoms with Gasteiger partial charge in [0, 0.05) is 28.0 Å². The molecule has 0 aliphatic carbocycles. The molecule has 1 heterocycles. The van der Waals surface area contributed by atoms with Gasteiger partial charge >= 0.3 is 0 Å². The zero-order valence-electron chi connectivity index (χ0n) is 15.7. The predicted octanol–water partition coefficient (Wildman–Crippen LogP) is 2.75. The molecule has 0 saturated carbocycles. The van der Waals surface area contributed by atoms with E-state index in [2.05, 4.69) is 26.8 Å². The molecule has 0 bridgehead atoms. The molecule has 0 aromatic heterocycles. The maximum Gasteiger partial charge on any atom is 0.276 e. The summed E-state index contributed by atoms with van der Waals surface area (Å²) in [6.07, 6.45) is 2.06. The van der Waals surface area contributed by atoms with Crippen LogP contribution in [-0.2, 0) is 14.4 Å². The smallest absolute Gasteiger partial charge is 0.276 e. The molecule has 1 saturated heterocycles. The fourth-order valence-electron chi connectivity index (χ4n) is 2.89. The Morgan fingerprint density at radius 2 is 2.00 bits per heavy atom. The summed E-state index contributed by atoms with van der Waals surface area (Å²) in [4.78, 5) is 39.2. The van der Waals surface area contributed by atoms with Crippen LogP contribution in [0.2, 0.25) is 0 Å². The summed E-state index contributed by atoms with van der Waals surface area (Å²) in [5.41, 5.74) is 5.47. The van der Waals surface area contributed by atoms with Gasteiger partial charge in [-0.25, -0.2) is 0 Å². The number of thioether (sulfide) groups is 1. The number of nitrogens with zero attached hydrogens (tertiary/aromatic N) is 1. The Bertz CT molecular complexity index is 924. The van der Waals surface area contributed by atoms with Gasteiger partial charge in [-0.15, -0.1) is 11.8 Å². The number of amides is 3. The van der Waals surface area contributed by atoms with Gasteiger partial charge in [0.15, 0.2) is 6.61 Å². The Morgan fingerprint density at radius 3 is 2.76 bits per heavy atom. The van der Waals surface area contributed by atoms with Crippen molar-refractivity contribution in [3.05, 3.63) is 53.0 Å². The molecule has 1 aliphatic heterocycles. The van der Waals surface area contributed by atoms with E-state index < -0.39 is 17.7 Å². The van der Waals surface area contributed by atoms with Gasteiger partial charge in [0.1, 0.15) is 5.75 Å². The lowest BCUT2D eigenvalue weighted by Crippen LogP contribution is -2.46. The topological polar surface area (TPSA) is 87.7 Å². The molecular formula is C20H20BrN3O4S. The van der Waals surface area contributed by atoms with E-state index in [1.807, 2.05) is 36.6 Å². The molecule has 1 fully saturated rings. The third kappa shape index (κ3) is 5.74. The molecule has 1 aliphatic rings. The molecule has 1 atom stereocenters. The lowest BCUT2D eigenvalue weighted by atomic mass is 10.1. The molecular weight excluding hydrogens is 458 g/mol. The highest BCUT2D eigenvalue weighted by Crippen LogP contribution is 2.28. The summed E-state index contributed by atoms with van der Waals surface area (Å²) < 4.78 is 6.20. The summed E-state index contributed by atoms with van der Waals surface area (Å²) in [6, 6.07) is 14.7. The lowest BCUT2D eigenvalue weighted by molar-refractivity contribution is -0.132. The zero-order chi connectivity index (χ0) is 20.8. The minimum atomic E-state index is -0.535. The average Bonchev–Trinajstić information content (AvgIpc) is 3.12. The lowest BCUT2D eigenvalue weighted by Gasteiger charge is -2.17. The molecule has 0 spiro atoms. The van der Waals surface area contributed by atoms with E-state index in [1.54, 1.807) is 34.9 Å². The standard InChI is InChI=1S/C20H20BrN3O4S/c1-29-17-7-3-5-15(10-17)24-11-13(8-19(24)26)20(27)23-22-18(25)12-28-16-6-2-4-14(21)9-16/h2-7,9-10,13H,8,11-12H2,1H3,(H,22,25)(H,23,27). The second kappa shape index (κ2) is 9.80. The van der Waals surface area contributed by atoms with Crippen LogP contribution in [0.15, 0.2) is 57.9 Å². The Labute approximate surface area is 181 Å². The molecule has 3 rings (SSSR count). The summed E-state index contributed by atoms with van der Waals surface area (Å²) in [5, 5.41) is 0. The van der Waals surface area contributed by atoms with E-state index in [1.165, 1.54) is 0 Å². The summed E-state index contributed by atoms with van der Waals surface area (Å²) >= 11 is 4.91. The van der Waals surface area contributed by atoms with Crippen LogP contribution in [-0.4, -0.2) is 37.1 Å². The van der Waals surface area contributed by atoms with Gasteiger partial charge in [0.05, 0.1) is 5.92 Å². The SMILES string of the molecule is CSc1cccc(N2CC(C(=O)NNC(=O)COc3cccc(Br)c3)CC2=O)c1. The van der Waals surface area contributed by atoms with E-state index in [9.17, 15) is 14.4 Å². The molecule has 2 N–H and O–H groups in total. The van der Waals surface area contributed by atoms with E-state index in [0.717, 1.165) is 15.1 Å². The molecule has 7 nitrogen and oxygen atoms in total. The number of benzene rings is 2. The van der Waals surface area contributed by atoms with Gasteiger partial charge in [-0.1, -0.05) is 28.1 Å². The van der Waals surface area contributed by atoms with Crippen LogP contribution in [0.1, 0.15) is 6.42 Å². The highest BCUT2D eigenvalue weighted by molar-refractivity contribution is 9.10. The van der Waals surface area contributed by atoms with E-state index in [4.69, 9.17) is 4.74 Å². The van der Waals surface area contributed by atoms with Gasteiger partial charge < -0.3 is 9.64 Å². The van der Waals surface area contributed by atoms with Gasteiger partial charge in [-0.3, -0.25) is 25.2 Å². The molecule has 3 amide bonds. The van der Waals surface area contributed by atoms with Crippen molar-refractivity contribution in [2.75, 3.05) is 24.3 Å². The molecule has 2 aromatic rings. The first kappa shape index (κ1) is 21.2. The van der Waals surface area contributed by atoms with Crippen molar-refractivity contribution in [2.45, 2.75) is 11.3 Å². The Balaban J connectivity index is 1.48. The van der Waals surface area contributed by atoms with Crippen molar-refractivity contribution in [1.82, 2.24) is 10.9 Å². The second-order valence-corrected chi connectivity index (χ2v) is 8.19. The fraction of sp³-hybridized carbons (Fsp3) is 0.250. The van der Waals surface area contributed by atoms with Crippen molar-refractivity contribution in [3.8, 4) is 5.75 Å². The third-order valence-electron chi connectivity index (χ3n) is 4.35. The number of hydrazine groups is 1. The van der Waals surface area contributed by atoms with Crippen LogP contribution in [0.5, 0.6) is 5.75 Å². The summed E-state index contributed by atoms with van der Waals surface area (Å²) in [5.74, 6) is -1.02. The van der Waals surface area contributed by atoms with Crippen molar-refractivity contribution < 1.29 is 19.1 Å². The number of ether oxygens (including phenoxy) is 1. The van der Waals surface area contributed by atoms with Crippen molar-refractivity contribution in [3.63, 3.8) is 0 Å². The van der Waals surface area contributed by atoms with Crippen molar-refractivity contribution in [2.24, 2.45) is 5.92 Å². The Kier molecular flexibility index (Phi) is 7.16. The number of rotatable bonds is 6. The van der Waals surface area contributed by atoms with Crippen LogP contribution in [0.4, 0.5) is 5.69 Å². The highest BCUT2D eigenvalue weighted by Gasteiger charge is 2.35. The van der Waals surface area contributed by atoms with Crippen molar-refractivity contribution >= 4 is 51.1 Å². The first-order chi connectivity index (χ1) is 14.0. The number of anilines is 1. The number of hydrogen-bond acceptors (Lipinski definition) is 5. The minimum absolute atomic E-state index is 0.0970. The quantitative estimate of drug-likeness (QED) is 0.493. The molecule has 29 heavy (non-hydrogen) atoms. The van der Waals surface area contributed by atoms with Gasteiger partial charge in [-0.05, 0) is 42.7 Å². The largest absolute Gasteiger partial charge is 0.484 e. The fourth-order valence-corrected chi connectivity index (χ4v) is 3.72. The summed E-state index contributed by atoms with van der Waals surface area (Å²) in [7, 11) is 0. The number of carbonyl (C=O) groups excluding carboxylic acids is 3. The van der Waals surface area contributed by atoms with Gasteiger partial charge in [-0.2, -0.15) is 0 Å². The van der Waals surface area contributed by atoms with Crippen LogP contribution >= 0.6 is 27.7 Å². The van der Waals surface area contributed by atoms with E-state index in [0.29, 0.717) is 5.75 Å². The molecule has 1 unspecified atom stereocenters. The van der Waals surface area contributed by atoms with E-state index in [-0.39, 0.29) is 25.5 Å². The van der Waals surface area contributed by atoms with E-state index >= 15 is 0 Å². The maximum absolute atomic E-state index is 12.4. The van der Waals surface area contributed by atoms with Crippen LogP contribution in [0.25, 0.3) is 0 Å². The third-order valence-corrected chi connectivity index (χ3v) is 5.57. The van der Waals surface area contributed by atoms with Crippen molar-refractivity contribution in [1.29, 1.82) is 0 Å². The number of hydrogen-bond donors (Lipinski definition) is 2. The number of carbonyl (C=O) groups is 3. The predicted molar refractivity (Wildman–Crippen MR) is 115 cm³/mol. The number of nitrogens with one attached hydrogen (secondary N) is 2. The van der Waals surface area contributed by atoms with Crippen LogP contribution in [0, 0.1) is 5.92 Å². The van der Waals surface area contributed by atoms with Gasteiger partial charge in [0.25, 0.3) is 5.91 Å². The zero-order valence-corrected chi connectivity index (χ0v) is 18.1. The normalized spacial score (nSPS) is 15.9. The first-order valence-electron chi connectivity index (χ1n) is 8.87. The minimum Gasteiger partial charge on any atom is -0.484 e. The molecule has 2 aromatic carbocycles. The molecule has 9 heteroatoms. The van der Waals surface area contributed by atoms with Crippen LogP contribution < -0.4 is 20.5 Å². The molecule has 152 valence electrons. The van der Waals surface area contributed by atoms with Gasteiger partial charge in [0.2, 0.25) is 11.8 Å². The average molecular weight is 478 g/mol. The molecule has 0 radical (unpaired) electrons. The monoisotopic (exact) mass is 477 g/mol. The van der Waals surface area contributed by atoms with Crippen LogP contribution in [0.3, 0.4) is 0 Å². The maximum atomic E-state index is 12.4. The second-order valence-electron chi connectivity index (χ2n) is 6.39.